The monoisotopic (exact) mass is 716 g/mol. The quantitative estimate of drug-likeness (QED) is 0.182. The Balaban J connectivity index is 1.20. The molecule has 11 aromatic rings. The third-order valence-electron chi connectivity index (χ3n) is 11.0. The number of hydrogen-bond acceptors (Lipinski definition) is 3. The Hall–Kier alpha value is -7.44. The molecule has 5 heteroatoms. The van der Waals surface area contributed by atoms with Crippen molar-refractivity contribution in [1.29, 1.82) is 10.5 Å². The van der Waals surface area contributed by atoms with Gasteiger partial charge in [-0.1, -0.05) is 115 Å². The molecule has 4 nitrogen and oxygen atoms in total. The summed E-state index contributed by atoms with van der Waals surface area (Å²) < 4.78 is 7.44. The predicted molar refractivity (Wildman–Crippen MR) is 228 cm³/mol. The summed E-state index contributed by atoms with van der Waals surface area (Å²) in [4.78, 5) is 0. The summed E-state index contributed by atoms with van der Waals surface area (Å²) >= 11 is 1.86. The van der Waals surface area contributed by atoms with E-state index in [1.807, 2.05) is 23.5 Å². The summed E-state index contributed by atoms with van der Waals surface area (Å²) in [7, 11) is 0. The number of nitrogens with zero attached hydrogens (tertiary/aromatic N) is 4. The molecular formula is C50H28N4S. The van der Waals surface area contributed by atoms with Crippen molar-refractivity contribution in [1.82, 2.24) is 9.13 Å². The molecule has 0 bridgehead atoms. The first kappa shape index (κ1) is 31.1. The van der Waals surface area contributed by atoms with Crippen LogP contribution < -0.4 is 0 Å². The maximum atomic E-state index is 9.62. The summed E-state index contributed by atoms with van der Waals surface area (Å²) in [6.45, 7) is 0. The number of fused-ring (bicyclic) bond motifs is 10. The minimum atomic E-state index is 0.473. The fourth-order valence-corrected chi connectivity index (χ4v) is 9.78. The maximum Gasteiger partial charge on any atom is 0.0992 e. The summed E-state index contributed by atoms with van der Waals surface area (Å²) in [5.74, 6) is 0. The Morgan fingerprint density at radius 3 is 1.62 bits per heavy atom. The Labute approximate surface area is 320 Å². The highest BCUT2D eigenvalue weighted by molar-refractivity contribution is 7.26. The van der Waals surface area contributed by atoms with Gasteiger partial charge >= 0.3 is 0 Å². The number of nitriles is 2. The van der Waals surface area contributed by atoms with Gasteiger partial charge < -0.3 is 9.13 Å². The van der Waals surface area contributed by atoms with Crippen molar-refractivity contribution in [2.75, 3.05) is 0 Å². The molecule has 0 saturated heterocycles. The van der Waals surface area contributed by atoms with Crippen molar-refractivity contribution in [3.8, 4) is 45.8 Å². The average Bonchev–Trinajstić information content (AvgIpc) is 3.91. The van der Waals surface area contributed by atoms with Crippen LogP contribution in [0.25, 0.3) is 97.4 Å². The van der Waals surface area contributed by atoms with Gasteiger partial charge in [0, 0.05) is 48.3 Å². The second kappa shape index (κ2) is 12.0. The average molecular weight is 717 g/mol. The highest BCUT2D eigenvalue weighted by atomic mass is 32.1. The first-order chi connectivity index (χ1) is 27.2. The van der Waals surface area contributed by atoms with E-state index in [2.05, 4.69) is 173 Å². The highest BCUT2D eigenvalue weighted by Crippen LogP contribution is 2.44. The maximum absolute atomic E-state index is 9.62. The number of para-hydroxylation sites is 3. The van der Waals surface area contributed by atoms with Gasteiger partial charge in [-0.15, -0.1) is 11.3 Å². The Kier molecular flexibility index (Phi) is 6.82. The predicted octanol–water partition coefficient (Wildman–Crippen LogP) is 13.3. The van der Waals surface area contributed by atoms with Gasteiger partial charge in [-0.3, -0.25) is 0 Å². The largest absolute Gasteiger partial charge is 0.309 e. The van der Waals surface area contributed by atoms with Crippen molar-refractivity contribution < 1.29 is 0 Å². The molecule has 0 aliphatic heterocycles. The van der Waals surface area contributed by atoms with E-state index in [4.69, 9.17) is 0 Å². The smallest absolute Gasteiger partial charge is 0.0992 e. The molecule has 0 aliphatic rings. The van der Waals surface area contributed by atoms with E-state index in [-0.39, 0.29) is 0 Å². The zero-order valence-corrected chi connectivity index (χ0v) is 30.2. The molecule has 3 heterocycles. The van der Waals surface area contributed by atoms with Crippen LogP contribution in [0.1, 0.15) is 11.1 Å². The van der Waals surface area contributed by atoms with Crippen LogP contribution in [0.15, 0.2) is 170 Å². The molecule has 0 N–H and O–H groups in total. The van der Waals surface area contributed by atoms with Crippen molar-refractivity contribution in [2.45, 2.75) is 0 Å². The Morgan fingerprint density at radius 2 is 0.964 bits per heavy atom. The minimum absolute atomic E-state index is 0.473. The van der Waals surface area contributed by atoms with Crippen molar-refractivity contribution in [3.63, 3.8) is 0 Å². The van der Waals surface area contributed by atoms with Crippen molar-refractivity contribution in [2.24, 2.45) is 0 Å². The van der Waals surface area contributed by atoms with E-state index in [1.165, 1.54) is 52.8 Å². The molecule has 0 fully saturated rings. The normalized spacial score (nSPS) is 11.6. The van der Waals surface area contributed by atoms with Gasteiger partial charge in [0.25, 0.3) is 0 Å². The molecule has 0 spiro atoms. The number of aromatic nitrogens is 2. The second-order valence-electron chi connectivity index (χ2n) is 14.0. The van der Waals surface area contributed by atoms with Crippen molar-refractivity contribution >= 4 is 75.1 Å². The first-order valence-electron chi connectivity index (χ1n) is 18.2. The zero-order valence-electron chi connectivity index (χ0n) is 29.4. The summed E-state index contributed by atoms with van der Waals surface area (Å²) in [5.41, 5.74) is 11.8. The number of hydrogen-bond donors (Lipinski definition) is 0. The first-order valence-corrected chi connectivity index (χ1v) is 19.0. The SMILES string of the molecule is N#Cc1cc(C#N)cc(-c2ccc(-c3ccc(-n4c5ccccc5c5ccc6c7ccccc7sc6c54)cc3-n3c4ccccc4c4ccccc43)cc2)c1. The third-order valence-corrected chi connectivity index (χ3v) is 12.2. The third kappa shape index (κ3) is 4.68. The molecule has 0 saturated carbocycles. The van der Waals surface area contributed by atoms with E-state index in [0.29, 0.717) is 11.1 Å². The molecule has 3 aromatic heterocycles. The van der Waals surface area contributed by atoms with Crippen molar-refractivity contribution in [3.05, 3.63) is 181 Å². The van der Waals surface area contributed by atoms with Crippen LogP contribution in [0.5, 0.6) is 0 Å². The molecule has 11 rings (SSSR count). The van der Waals surface area contributed by atoms with Crippen LogP contribution in [0.2, 0.25) is 0 Å². The molecule has 254 valence electrons. The summed E-state index contributed by atoms with van der Waals surface area (Å²) in [6, 6.07) is 64.4. The number of benzene rings is 8. The van der Waals surface area contributed by atoms with Gasteiger partial charge in [0.1, 0.15) is 0 Å². The van der Waals surface area contributed by atoms with Gasteiger partial charge in [-0.2, -0.15) is 10.5 Å². The highest BCUT2D eigenvalue weighted by Gasteiger charge is 2.21. The lowest BCUT2D eigenvalue weighted by molar-refractivity contribution is 1.14. The topological polar surface area (TPSA) is 57.4 Å². The van der Waals surface area contributed by atoms with Crippen LogP contribution in [-0.2, 0) is 0 Å². The summed E-state index contributed by atoms with van der Waals surface area (Å²) in [5, 5.41) is 26.7. The molecule has 55 heavy (non-hydrogen) atoms. The van der Waals surface area contributed by atoms with Crippen LogP contribution in [0, 0.1) is 22.7 Å². The van der Waals surface area contributed by atoms with Gasteiger partial charge in [-0.25, -0.2) is 0 Å². The number of rotatable bonds is 4. The Bertz CT molecular complexity index is 3370. The molecule has 0 amide bonds. The van der Waals surface area contributed by atoms with Gasteiger partial charge in [-0.05, 0) is 71.3 Å². The zero-order chi connectivity index (χ0) is 36.6. The number of thiophene rings is 1. The van der Waals surface area contributed by atoms with Crippen LogP contribution >= 0.6 is 11.3 Å². The molecule has 0 radical (unpaired) electrons. The van der Waals surface area contributed by atoms with Crippen LogP contribution in [0.4, 0.5) is 0 Å². The van der Waals surface area contributed by atoms with E-state index in [1.54, 1.807) is 6.07 Å². The molecule has 0 atom stereocenters. The van der Waals surface area contributed by atoms with Crippen LogP contribution in [0.3, 0.4) is 0 Å². The summed E-state index contributed by atoms with van der Waals surface area (Å²) in [6.07, 6.45) is 0. The van der Waals surface area contributed by atoms with Gasteiger partial charge in [0.15, 0.2) is 0 Å². The standard InChI is InChI=1S/C50H28N4S/c51-29-31-25-32(30-52)27-35(26-31)33-17-19-34(20-18-33)37-22-21-36(28-47(37)54-45-14-6-1-9-38(45)39-10-2-7-15-46(39)54)53-44-13-5-3-11-40(44)42-23-24-43-41-12-4-8-16-48(41)55-50(43)49(42)53/h1-28H. The second-order valence-corrected chi connectivity index (χ2v) is 15.0. The van der Waals surface area contributed by atoms with E-state index in [9.17, 15) is 10.5 Å². The van der Waals surface area contributed by atoms with E-state index < -0.39 is 0 Å². The lowest BCUT2D eigenvalue weighted by atomic mass is 9.96. The lowest BCUT2D eigenvalue weighted by Crippen LogP contribution is -2.01. The molecule has 0 aliphatic carbocycles. The van der Waals surface area contributed by atoms with Gasteiger partial charge in [0.2, 0.25) is 0 Å². The fraction of sp³-hybridized carbons (Fsp3) is 0. The van der Waals surface area contributed by atoms with Crippen LogP contribution in [-0.4, -0.2) is 9.13 Å². The fourth-order valence-electron chi connectivity index (χ4n) is 8.53. The van der Waals surface area contributed by atoms with Gasteiger partial charge in [0.05, 0.1) is 55.7 Å². The molecular weight excluding hydrogens is 689 g/mol. The molecule has 0 unspecified atom stereocenters. The van der Waals surface area contributed by atoms with E-state index in [0.717, 1.165) is 44.7 Å². The Morgan fingerprint density at radius 1 is 0.418 bits per heavy atom. The molecule has 8 aromatic carbocycles. The lowest BCUT2D eigenvalue weighted by Gasteiger charge is -2.18. The minimum Gasteiger partial charge on any atom is -0.309 e. The van der Waals surface area contributed by atoms with E-state index >= 15 is 0 Å².